The number of rotatable bonds is 15. The molecule has 1 aliphatic carbocycles. The lowest BCUT2D eigenvalue weighted by atomic mass is 9.74. The molecule has 18 nitrogen and oxygen atoms in total. The van der Waals surface area contributed by atoms with Crippen LogP contribution in [0.2, 0.25) is 0 Å². The van der Waals surface area contributed by atoms with Crippen LogP contribution in [0, 0.1) is 11.3 Å². The Morgan fingerprint density at radius 2 is 1.87 bits per heavy atom. The minimum Gasteiger partial charge on any atom is -0.508 e. The number of hydrogen-bond acceptors (Lipinski definition) is 18. The first-order valence-electron chi connectivity index (χ1n) is 17.1. The smallest absolute Gasteiger partial charge is 0.341 e. The van der Waals surface area contributed by atoms with E-state index in [1.165, 1.54) is 27.0 Å². The van der Waals surface area contributed by atoms with Crippen LogP contribution in [-0.2, 0) is 52.3 Å². The maximum Gasteiger partial charge on any atom is 0.341 e. The number of aliphatic imine (C=N–C) groups is 1. The van der Waals surface area contributed by atoms with E-state index in [0.717, 1.165) is 6.92 Å². The van der Waals surface area contributed by atoms with Crippen molar-refractivity contribution in [2.75, 3.05) is 13.7 Å². The number of ether oxygens (including phenoxy) is 7. The Morgan fingerprint density at radius 3 is 2.41 bits per heavy atom. The fourth-order valence-corrected chi connectivity index (χ4v) is 6.66. The van der Waals surface area contributed by atoms with Gasteiger partial charge >= 0.3 is 17.9 Å². The summed E-state index contributed by atoms with van der Waals surface area (Å²) in [6.45, 7) is 12.3. The molecule has 3 aliphatic rings. The van der Waals surface area contributed by atoms with Crippen molar-refractivity contribution in [1.82, 2.24) is 0 Å². The summed E-state index contributed by atoms with van der Waals surface area (Å²) in [5.41, 5.74) is -7.12. The Kier molecular flexibility index (Phi) is 15.0. The van der Waals surface area contributed by atoms with Gasteiger partial charge in [-0.25, -0.2) is 4.79 Å². The van der Waals surface area contributed by atoms with Crippen LogP contribution in [0.15, 0.2) is 40.4 Å². The predicted octanol–water partition coefficient (Wildman–Crippen LogP) is 1.45. The third kappa shape index (κ3) is 8.96. The summed E-state index contributed by atoms with van der Waals surface area (Å²) in [6, 6.07) is 0. The van der Waals surface area contributed by atoms with Crippen LogP contribution in [0.4, 0.5) is 0 Å². The van der Waals surface area contributed by atoms with Crippen molar-refractivity contribution in [3.05, 3.63) is 35.4 Å². The van der Waals surface area contributed by atoms with Gasteiger partial charge in [-0.2, -0.15) is 4.99 Å². The van der Waals surface area contributed by atoms with Gasteiger partial charge in [-0.1, -0.05) is 26.5 Å². The highest BCUT2D eigenvalue weighted by Gasteiger charge is 2.61. The van der Waals surface area contributed by atoms with Crippen LogP contribution in [-0.4, -0.2) is 140 Å². The summed E-state index contributed by atoms with van der Waals surface area (Å²) in [6.07, 6.45) is -13.2. The van der Waals surface area contributed by atoms with E-state index in [-0.39, 0.29) is 17.9 Å². The van der Waals surface area contributed by atoms with Crippen molar-refractivity contribution in [2.45, 2.75) is 127 Å². The lowest BCUT2D eigenvalue weighted by Crippen LogP contribution is -2.69. The molecular weight excluding hydrogens is 736 g/mol. The molecule has 0 aromatic heterocycles. The van der Waals surface area contributed by atoms with E-state index in [2.05, 4.69) is 16.7 Å². The Hall–Kier alpha value is -3.91. The number of carboxylic acids is 1. The van der Waals surface area contributed by atoms with Gasteiger partial charge in [-0.05, 0) is 39.4 Å². The number of thiocarbonyl (C=S) groups is 1. The number of aliphatic carboxylic acids is 1. The lowest BCUT2D eigenvalue weighted by Gasteiger charge is -2.52. The SMILES string of the molecule is C=C(O[C@H]1[C@@H](OC2C[C@@H](OC)[C@](O)([C@H](C)OC(=O)[C@H](C)CC)[C@@H](C)O2)[C@@H](O)[C@H]([C@@]2(O)CC(=O)C(=N)C(C(=O)O)=C2O)O[C@@H]1COC(C)=O)/C(=C\C)N=C=S. The number of hydrogen-bond donors (Lipinski definition) is 6. The van der Waals surface area contributed by atoms with Crippen molar-refractivity contribution in [3.8, 4) is 0 Å². The van der Waals surface area contributed by atoms with Crippen molar-refractivity contribution < 1.29 is 77.9 Å². The molecule has 0 amide bonds. The Balaban J connectivity index is 2.14. The second-order valence-corrected chi connectivity index (χ2v) is 13.4. The molecule has 2 fully saturated rings. The molecular formula is C35H48N2O16S. The van der Waals surface area contributed by atoms with Crippen molar-refractivity contribution in [2.24, 2.45) is 10.9 Å². The van der Waals surface area contributed by atoms with E-state index in [4.69, 9.17) is 50.8 Å². The van der Waals surface area contributed by atoms with Crippen LogP contribution >= 0.6 is 12.2 Å². The number of ketones is 1. The fourth-order valence-electron chi connectivity index (χ4n) is 6.56. The van der Waals surface area contributed by atoms with E-state index in [9.17, 15) is 44.7 Å². The number of aliphatic hydroxyl groups excluding tert-OH is 2. The summed E-state index contributed by atoms with van der Waals surface area (Å²) in [4.78, 5) is 53.4. The second-order valence-electron chi connectivity index (χ2n) is 13.2. The third-order valence-corrected chi connectivity index (χ3v) is 9.98. The topological polar surface area (TPSA) is 270 Å². The van der Waals surface area contributed by atoms with E-state index in [0.29, 0.717) is 6.42 Å². The number of allylic oxidation sites excluding steroid dienone is 1. The van der Waals surface area contributed by atoms with Gasteiger partial charge in [-0.15, -0.1) is 0 Å². The molecule has 6 N–H and O–H groups in total. The highest BCUT2D eigenvalue weighted by atomic mass is 32.1. The first-order chi connectivity index (χ1) is 25.2. The van der Waals surface area contributed by atoms with E-state index >= 15 is 0 Å². The van der Waals surface area contributed by atoms with Gasteiger partial charge < -0.3 is 58.7 Å². The highest BCUT2D eigenvalue weighted by molar-refractivity contribution is 7.78. The zero-order valence-electron chi connectivity index (χ0n) is 31.0. The molecule has 19 heteroatoms. The molecule has 0 aromatic carbocycles. The molecule has 2 heterocycles. The summed E-state index contributed by atoms with van der Waals surface area (Å²) in [5.74, 6) is -6.43. The number of methoxy groups -OCH3 is 1. The number of nitrogens with zero attached hydrogens (tertiary/aromatic N) is 1. The van der Waals surface area contributed by atoms with Gasteiger partial charge in [0, 0.05) is 20.5 Å². The number of esters is 2. The standard InChI is InChI=1S/C35H48N2O16S/c1-9-15(3)33(44)51-18(6)35(46)17(5)50-24(11-23(35)47-8)53-29-27(40)31(34(45)12-21(39)26(36)25(30(34)41)32(42)43)52-22(13-48-19(7)38)28(29)49-16(4)20(10-2)37-14-54/h10,15,17-18,22-24,27-29,31,36,40-41,45-46H,4,9,11-13H2,1-3,5-8H3,(H,42,43)/b20-10+,36-26?/t15-,17-,18+,22-,23-,24?,27-,28-,29+,31-,34-,35-/m1/s1. The molecule has 3 rings (SSSR count). The van der Waals surface area contributed by atoms with E-state index < -0.39 is 126 Å². The first-order valence-corrected chi connectivity index (χ1v) is 17.5. The zero-order valence-corrected chi connectivity index (χ0v) is 31.8. The second kappa shape index (κ2) is 18.1. The molecule has 0 bridgehead atoms. The Bertz CT molecular complexity index is 1610. The van der Waals surface area contributed by atoms with Crippen molar-refractivity contribution >= 4 is 46.8 Å². The van der Waals surface area contributed by atoms with Gasteiger partial charge in [0.2, 0.25) is 0 Å². The van der Waals surface area contributed by atoms with E-state index in [1.54, 1.807) is 20.8 Å². The molecule has 2 saturated heterocycles. The molecule has 0 saturated carbocycles. The maximum absolute atomic E-state index is 12.8. The van der Waals surface area contributed by atoms with Gasteiger partial charge in [0.1, 0.15) is 65.6 Å². The van der Waals surface area contributed by atoms with E-state index in [1.807, 2.05) is 0 Å². The monoisotopic (exact) mass is 784 g/mol. The minimum atomic E-state index is -2.96. The molecule has 0 aromatic rings. The van der Waals surface area contributed by atoms with Crippen LogP contribution in [0.25, 0.3) is 0 Å². The minimum absolute atomic E-state index is 0.0845. The summed E-state index contributed by atoms with van der Waals surface area (Å²) in [5, 5.41) is 66.6. The molecule has 2 aliphatic heterocycles. The number of carboxylic acid groups (broad SMARTS) is 1. The maximum atomic E-state index is 12.8. The zero-order chi connectivity index (χ0) is 40.9. The Morgan fingerprint density at radius 1 is 1.22 bits per heavy atom. The first kappa shape index (κ1) is 44.5. The largest absolute Gasteiger partial charge is 0.508 e. The third-order valence-electron chi connectivity index (χ3n) is 9.88. The summed E-state index contributed by atoms with van der Waals surface area (Å²) >= 11 is 4.71. The number of isothiocyanates is 1. The van der Waals surface area contributed by atoms with Gasteiger partial charge in [0.05, 0.1) is 29.7 Å². The van der Waals surface area contributed by atoms with Gasteiger partial charge in [0.15, 0.2) is 29.4 Å². The predicted molar refractivity (Wildman–Crippen MR) is 188 cm³/mol. The quantitative estimate of drug-likeness (QED) is 0.0451. The summed E-state index contributed by atoms with van der Waals surface area (Å²) in [7, 11) is 1.30. The summed E-state index contributed by atoms with van der Waals surface area (Å²) < 4.78 is 40.9. The molecule has 300 valence electrons. The van der Waals surface area contributed by atoms with Crippen LogP contribution in [0.5, 0.6) is 0 Å². The average molecular weight is 785 g/mol. The Labute approximate surface area is 316 Å². The number of nitrogens with one attached hydrogen (secondary N) is 1. The molecule has 0 spiro atoms. The van der Waals surface area contributed by atoms with Crippen LogP contribution < -0.4 is 0 Å². The molecule has 1 unspecified atom stereocenters. The van der Waals surface area contributed by atoms with Crippen LogP contribution in [0.1, 0.15) is 60.8 Å². The molecule has 0 radical (unpaired) electrons. The molecule has 54 heavy (non-hydrogen) atoms. The number of Topliss-reactive ketones (excluding diaryl/α,β-unsaturated/α-hetero) is 1. The van der Waals surface area contributed by atoms with Crippen molar-refractivity contribution in [1.29, 1.82) is 5.41 Å². The fraction of sp³-hybridized carbons (Fsp3) is 0.657. The van der Waals surface area contributed by atoms with Gasteiger partial charge in [-0.3, -0.25) is 19.8 Å². The molecule has 12 atom stereocenters. The number of carbonyl (C=O) groups excluding carboxylic acids is 3. The normalized spacial score (nSPS) is 34.3. The van der Waals surface area contributed by atoms with Gasteiger partial charge in [0.25, 0.3) is 0 Å². The number of carbonyl (C=O) groups is 4. The highest BCUT2D eigenvalue weighted by Crippen LogP contribution is 2.43. The average Bonchev–Trinajstić information content (AvgIpc) is 3.11. The van der Waals surface area contributed by atoms with Crippen molar-refractivity contribution in [3.63, 3.8) is 0 Å². The number of aliphatic hydroxyl groups is 4. The van der Waals surface area contributed by atoms with Crippen LogP contribution in [0.3, 0.4) is 0 Å². The lowest BCUT2D eigenvalue weighted by molar-refractivity contribution is -0.345.